The molecule has 0 aliphatic carbocycles. The Morgan fingerprint density at radius 1 is 1.15 bits per heavy atom. The molecular formula is C24H23FN6O3. The molecule has 0 saturated carbocycles. The maximum Gasteiger partial charge on any atom is 0.267 e. The van der Waals surface area contributed by atoms with Gasteiger partial charge in [-0.25, -0.2) is 14.1 Å². The van der Waals surface area contributed by atoms with Gasteiger partial charge in [0.15, 0.2) is 5.82 Å². The fraction of sp³-hybridized carbons (Fsp3) is 0.208. The highest BCUT2D eigenvalue weighted by Gasteiger charge is 2.19. The van der Waals surface area contributed by atoms with Crippen LogP contribution in [0.1, 0.15) is 39.0 Å². The average Bonchev–Trinajstić information content (AvgIpc) is 3.23. The van der Waals surface area contributed by atoms with E-state index in [9.17, 15) is 14.0 Å². The maximum atomic E-state index is 13.7. The fourth-order valence-corrected chi connectivity index (χ4v) is 3.68. The molecule has 2 aromatic carbocycles. The van der Waals surface area contributed by atoms with Crippen LogP contribution in [-0.4, -0.2) is 38.9 Å². The van der Waals surface area contributed by atoms with Crippen LogP contribution in [0.2, 0.25) is 0 Å². The van der Waals surface area contributed by atoms with Crippen LogP contribution >= 0.6 is 0 Å². The Bertz CT molecular complexity index is 1370. The maximum absolute atomic E-state index is 13.7. The number of benzene rings is 2. The number of carbonyl (C=O) groups is 2. The molecule has 2 aromatic heterocycles. The number of aryl methyl sites for hydroxylation is 2. The van der Waals surface area contributed by atoms with E-state index in [1.54, 1.807) is 11.8 Å². The highest BCUT2D eigenvalue weighted by atomic mass is 19.1. The number of halogens is 1. The van der Waals surface area contributed by atoms with E-state index in [0.717, 1.165) is 29.5 Å². The zero-order chi connectivity index (χ0) is 24.2. The smallest absolute Gasteiger partial charge is 0.267 e. The summed E-state index contributed by atoms with van der Waals surface area (Å²) in [7, 11) is 1.62. The molecule has 4 aromatic rings. The van der Waals surface area contributed by atoms with Crippen molar-refractivity contribution in [3.63, 3.8) is 0 Å². The van der Waals surface area contributed by atoms with Gasteiger partial charge in [0.25, 0.3) is 11.8 Å². The van der Waals surface area contributed by atoms with Crippen molar-refractivity contribution < 1.29 is 18.7 Å². The number of aromatic nitrogens is 4. The third-order valence-electron chi connectivity index (χ3n) is 5.44. The Kier molecular flexibility index (Phi) is 6.48. The first-order chi connectivity index (χ1) is 16.4. The van der Waals surface area contributed by atoms with Crippen LogP contribution in [0.15, 0.2) is 48.5 Å². The molecule has 0 spiro atoms. The second-order valence-electron chi connectivity index (χ2n) is 7.59. The van der Waals surface area contributed by atoms with Crippen molar-refractivity contribution in [2.75, 3.05) is 12.4 Å². The summed E-state index contributed by atoms with van der Waals surface area (Å²) in [6.07, 6.45) is 1.30. The number of hydrogen-bond acceptors (Lipinski definition) is 6. The number of nitrogens with zero attached hydrogens (tertiary/aromatic N) is 4. The lowest BCUT2D eigenvalue weighted by Crippen LogP contribution is -2.18. The summed E-state index contributed by atoms with van der Waals surface area (Å²) in [6.45, 7) is 2.51. The van der Waals surface area contributed by atoms with E-state index in [1.807, 2.05) is 31.2 Å². The molecular weight excluding hydrogens is 439 g/mol. The van der Waals surface area contributed by atoms with Gasteiger partial charge >= 0.3 is 0 Å². The van der Waals surface area contributed by atoms with Crippen LogP contribution in [0.3, 0.4) is 0 Å². The number of anilines is 1. The van der Waals surface area contributed by atoms with E-state index in [1.165, 1.54) is 18.2 Å². The molecule has 0 aliphatic rings. The topological polar surface area (TPSA) is 125 Å². The molecule has 34 heavy (non-hydrogen) atoms. The van der Waals surface area contributed by atoms with Crippen LogP contribution < -0.4 is 15.8 Å². The third kappa shape index (κ3) is 4.70. The molecule has 0 aliphatic heterocycles. The van der Waals surface area contributed by atoms with Crippen molar-refractivity contribution in [1.29, 1.82) is 0 Å². The van der Waals surface area contributed by atoms with Gasteiger partial charge < -0.3 is 15.8 Å². The molecule has 174 valence electrons. The Morgan fingerprint density at radius 3 is 2.59 bits per heavy atom. The summed E-state index contributed by atoms with van der Waals surface area (Å²) in [5.41, 5.74) is 7.36. The van der Waals surface area contributed by atoms with Gasteiger partial charge in [0, 0.05) is 18.0 Å². The lowest BCUT2D eigenvalue weighted by atomic mass is 10.1. The molecule has 2 amide bonds. The first kappa shape index (κ1) is 22.8. The monoisotopic (exact) mass is 462 g/mol. The summed E-state index contributed by atoms with van der Waals surface area (Å²) in [5.74, 6) is -0.789. The van der Waals surface area contributed by atoms with Crippen LogP contribution in [0.5, 0.6) is 5.75 Å². The number of nitrogens with two attached hydrogens (primary N) is 1. The van der Waals surface area contributed by atoms with Gasteiger partial charge in [-0.1, -0.05) is 24.3 Å². The Morgan fingerprint density at radius 2 is 1.91 bits per heavy atom. The molecule has 3 N–H and O–H groups in total. The standard InChI is InChI=1S/C24H23FN6O3/c1-3-21-23(29-30-31(21)11-10-14-4-7-16(34-2)8-5-14)28-24(33)18-13-20(22(26)32)27-19-12-15(25)6-9-17(18)19/h4-9,12-13H,3,10-11H2,1-2H3,(H2,26,32)(H,28,33). The van der Waals surface area contributed by atoms with E-state index >= 15 is 0 Å². The summed E-state index contributed by atoms with van der Waals surface area (Å²) < 4.78 is 20.6. The van der Waals surface area contributed by atoms with Gasteiger partial charge in [0.1, 0.15) is 17.3 Å². The van der Waals surface area contributed by atoms with E-state index in [0.29, 0.717) is 24.2 Å². The number of fused-ring (bicyclic) bond motifs is 1. The third-order valence-corrected chi connectivity index (χ3v) is 5.44. The van der Waals surface area contributed by atoms with E-state index in [-0.39, 0.29) is 16.8 Å². The first-order valence-electron chi connectivity index (χ1n) is 10.7. The van der Waals surface area contributed by atoms with Crippen molar-refractivity contribution in [2.45, 2.75) is 26.3 Å². The quantitative estimate of drug-likeness (QED) is 0.414. The lowest BCUT2D eigenvalue weighted by molar-refractivity contribution is 0.0996. The van der Waals surface area contributed by atoms with Gasteiger partial charge in [0.2, 0.25) is 0 Å². The largest absolute Gasteiger partial charge is 0.497 e. The summed E-state index contributed by atoms with van der Waals surface area (Å²) in [5, 5.41) is 11.5. The second kappa shape index (κ2) is 9.65. The number of amides is 2. The Hall–Kier alpha value is -4.34. The van der Waals surface area contributed by atoms with Crippen LogP contribution in [0.25, 0.3) is 10.9 Å². The van der Waals surface area contributed by atoms with Crippen molar-refractivity contribution >= 4 is 28.5 Å². The van der Waals surface area contributed by atoms with E-state index < -0.39 is 17.6 Å². The SMILES string of the molecule is CCc1c(NC(=O)c2cc(C(N)=O)nc3cc(F)ccc23)nnn1CCc1ccc(OC)cc1. The van der Waals surface area contributed by atoms with Crippen LogP contribution in [0, 0.1) is 5.82 Å². The number of rotatable bonds is 8. The van der Waals surface area contributed by atoms with Crippen LogP contribution in [-0.2, 0) is 19.4 Å². The van der Waals surface area contributed by atoms with E-state index in [4.69, 9.17) is 10.5 Å². The molecule has 2 heterocycles. The highest BCUT2D eigenvalue weighted by molar-refractivity contribution is 6.13. The zero-order valence-corrected chi connectivity index (χ0v) is 18.7. The molecule has 10 heteroatoms. The normalized spacial score (nSPS) is 10.9. The highest BCUT2D eigenvalue weighted by Crippen LogP contribution is 2.22. The van der Waals surface area contributed by atoms with Crippen molar-refractivity contribution in [1.82, 2.24) is 20.0 Å². The molecule has 0 unspecified atom stereocenters. The lowest BCUT2D eigenvalue weighted by Gasteiger charge is -2.10. The molecule has 0 bridgehead atoms. The van der Waals surface area contributed by atoms with Crippen molar-refractivity contribution in [2.24, 2.45) is 5.73 Å². The minimum atomic E-state index is -0.820. The number of methoxy groups -OCH3 is 1. The zero-order valence-electron chi connectivity index (χ0n) is 18.7. The summed E-state index contributed by atoms with van der Waals surface area (Å²) >= 11 is 0. The molecule has 0 fully saturated rings. The number of nitrogens with one attached hydrogen (secondary N) is 1. The number of hydrogen-bond donors (Lipinski definition) is 2. The van der Waals surface area contributed by atoms with Gasteiger partial charge in [-0.15, -0.1) is 5.10 Å². The summed E-state index contributed by atoms with van der Waals surface area (Å²) in [4.78, 5) is 28.9. The van der Waals surface area contributed by atoms with Gasteiger partial charge in [0.05, 0.1) is 23.9 Å². The molecule has 4 rings (SSSR count). The van der Waals surface area contributed by atoms with Gasteiger partial charge in [-0.2, -0.15) is 0 Å². The van der Waals surface area contributed by atoms with E-state index in [2.05, 4.69) is 20.6 Å². The minimum absolute atomic E-state index is 0.133. The summed E-state index contributed by atoms with van der Waals surface area (Å²) in [6, 6.07) is 12.8. The number of carbonyl (C=O) groups excluding carboxylic acids is 2. The van der Waals surface area contributed by atoms with Crippen molar-refractivity contribution in [3.8, 4) is 5.75 Å². The predicted octanol–water partition coefficient (Wildman–Crippen LogP) is 3.13. The molecule has 0 atom stereocenters. The van der Waals surface area contributed by atoms with Crippen molar-refractivity contribution in [3.05, 3.63) is 76.9 Å². The van der Waals surface area contributed by atoms with Crippen LogP contribution in [0.4, 0.5) is 10.2 Å². The fourth-order valence-electron chi connectivity index (χ4n) is 3.68. The first-order valence-corrected chi connectivity index (χ1v) is 10.7. The molecule has 9 nitrogen and oxygen atoms in total. The molecule has 0 saturated heterocycles. The Balaban J connectivity index is 1.58. The van der Waals surface area contributed by atoms with Gasteiger partial charge in [-0.05, 0) is 48.7 Å². The number of pyridine rings is 1. The van der Waals surface area contributed by atoms with Gasteiger partial charge in [-0.3, -0.25) is 9.59 Å². The average molecular weight is 462 g/mol. The molecule has 0 radical (unpaired) electrons. The second-order valence-corrected chi connectivity index (χ2v) is 7.59. The predicted molar refractivity (Wildman–Crippen MR) is 124 cm³/mol. The number of primary amides is 1. The minimum Gasteiger partial charge on any atom is -0.497 e. The number of ether oxygens (including phenoxy) is 1. The Labute approximate surface area is 194 Å².